The third kappa shape index (κ3) is 1.37. The molecule has 1 aromatic carbocycles. The van der Waals surface area contributed by atoms with E-state index < -0.39 is 0 Å². The molecule has 0 aliphatic carbocycles. The van der Waals surface area contributed by atoms with Crippen molar-refractivity contribution in [2.75, 3.05) is 5.73 Å². The summed E-state index contributed by atoms with van der Waals surface area (Å²) >= 11 is 3.15. The van der Waals surface area contributed by atoms with Crippen LogP contribution in [0, 0.1) is 5.82 Å². The number of halogens is 2. The lowest BCUT2D eigenvalue weighted by molar-refractivity contribution is 0.623. The van der Waals surface area contributed by atoms with E-state index in [1.54, 1.807) is 18.2 Å². The topological polar surface area (TPSA) is 38.9 Å². The Morgan fingerprint density at radius 2 is 2.00 bits per heavy atom. The van der Waals surface area contributed by atoms with Gasteiger partial charge >= 0.3 is 0 Å². The zero-order chi connectivity index (χ0) is 9.42. The van der Waals surface area contributed by atoms with E-state index in [9.17, 15) is 4.39 Å². The number of nitrogen functional groups attached to an aromatic ring is 1. The average molecular weight is 241 g/mol. The normalized spacial score (nSPS) is 10.6. The Labute approximate surface area is 82.7 Å². The van der Waals surface area contributed by atoms with Crippen molar-refractivity contribution in [2.45, 2.75) is 0 Å². The summed E-state index contributed by atoms with van der Waals surface area (Å²) in [6, 6.07) is 6.35. The van der Waals surface area contributed by atoms with E-state index in [2.05, 4.69) is 20.9 Å². The van der Waals surface area contributed by atoms with Crippen LogP contribution in [0.25, 0.3) is 10.9 Å². The minimum absolute atomic E-state index is 0.293. The molecule has 0 spiro atoms. The van der Waals surface area contributed by atoms with Crippen LogP contribution in [-0.2, 0) is 0 Å². The number of anilines is 1. The molecule has 2 nitrogen and oxygen atoms in total. The standard InChI is InChI=1S/C9H6BrFN2/c10-9-5-1-4-8(12)13-7(5)3-2-6(9)11/h1-4H,(H2,12,13). The molecule has 2 rings (SSSR count). The molecule has 2 N–H and O–H groups in total. The number of aromatic nitrogens is 1. The number of rotatable bonds is 0. The number of nitrogens with zero attached hydrogens (tertiary/aromatic N) is 1. The molecule has 66 valence electrons. The number of fused-ring (bicyclic) bond motifs is 1. The molecule has 0 amide bonds. The van der Waals surface area contributed by atoms with Gasteiger partial charge < -0.3 is 5.73 Å². The van der Waals surface area contributed by atoms with Crippen LogP contribution in [0.15, 0.2) is 28.7 Å². The van der Waals surface area contributed by atoms with Gasteiger partial charge in [-0.25, -0.2) is 9.37 Å². The maximum atomic E-state index is 13.0. The number of hydrogen-bond donors (Lipinski definition) is 1. The molecular formula is C9H6BrFN2. The molecule has 2 aromatic rings. The van der Waals surface area contributed by atoms with E-state index in [1.165, 1.54) is 6.07 Å². The number of benzene rings is 1. The molecule has 4 heteroatoms. The number of nitrogens with two attached hydrogens (primary N) is 1. The lowest BCUT2D eigenvalue weighted by Gasteiger charge is -2.01. The SMILES string of the molecule is Nc1ccc2c(Br)c(F)ccc2n1. The van der Waals surface area contributed by atoms with Crippen molar-refractivity contribution >= 4 is 32.7 Å². The first-order valence-electron chi connectivity index (χ1n) is 3.69. The Morgan fingerprint density at radius 3 is 2.77 bits per heavy atom. The van der Waals surface area contributed by atoms with Crippen LogP contribution in [-0.4, -0.2) is 4.98 Å². The minimum atomic E-state index is -0.293. The first kappa shape index (κ1) is 8.44. The van der Waals surface area contributed by atoms with Crippen molar-refractivity contribution in [2.24, 2.45) is 0 Å². The largest absolute Gasteiger partial charge is 0.384 e. The molecule has 1 heterocycles. The zero-order valence-corrected chi connectivity index (χ0v) is 8.18. The second kappa shape index (κ2) is 2.96. The predicted octanol–water partition coefficient (Wildman–Crippen LogP) is 2.72. The summed E-state index contributed by atoms with van der Waals surface area (Å²) in [5.74, 6) is 0.144. The molecule has 0 aliphatic heterocycles. The molecule has 0 bridgehead atoms. The second-order valence-corrected chi connectivity index (χ2v) is 3.46. The van der Waals surface area contributed by atoms with Crippen LogP contribution in [0.1, 0.15) is 0 Å². The first-order chi connectivity index (χ1) is 6.18. The van der Waals surface area contributed by atoms with Crippen LogP contribution in [0.5, 0.6) is 0 Å². The molecule has 13 heavy (non-hydrogen) atoms. The predicted molar refractivity (Wildman–Crippen MR) is 53.8 cm³/mol. The van der Waals surface area contributed by atoms with Gasteiger partial charge in [0.15, 0.2) is 0 Å². The van der Waals surface area contributed by atoms with Gasteiger partial charge in [-0.05, 0) is 40.2 Å². The molecule has 0 saturated heterocycles. The highest BCUT2D eigenvalue weighted by Crippen LogP contribution is 2.25. The summed E-state index contributed by atoms with van der Waals surface area (Å²) in [6.45, 7) is 0. The van der Waals surface area contributed by atoms with E-state index in [4.69, 9.17) is 5.73 Å². The fourth-order valence-electron chi connectivity index (χ4n) is 1.16. The van der Waals surface area contributed by atoms with Crippen molar-refractivity contribution in [3.8, 4) is 0 Å². The van der Waals surface area contributed by atoms with E-state index >= 15 is 0 Å². The fourth-order valence-corrected chi connectivity index (χ4v) is 1.62. The van der Waals surface area contributed by atoms with Crippen molar-refractivity contribution in [3.05, 3.63) is 34.6 Å². The van der Waals surface area contributed by atoms with E-state index in [0.29, 0.717) is 15.8 Å². The van der Waals surface area contributed by atoms with E-state index in [0.717, 1.165) is 5.39 Å². The smallest absolute Gasteiger partial charge is 0.138 e. The number of pyridine rings is 1. The highest BCUT2D eigenvalue weighted by molar-refractivity contribution is 9.10. The van der Waals surface area contributed by atoms with Gasteiger partial charge in [0.1, 0.15) is 11.6 Å². The molecule has 0 saturated carbocycles. The zero-order valence-electron chi connectivity index (χ0n) is 6.59. The summed E-state index contributed by atoms with van der Waals surface area (Å²) in [5, 5.41) is 0.731. The number of hydrogen-bond acceptors (Lipinski definition) is 2. The Kier molecular flexibility index (Phi) is 1.92. The minimum Gasteiger partial charge on any atom is -0.384 e. The van der Waals surface area contributed by atoms with Gasteiger partial charge in [-0.1, -0.05) is 0 Å². The molecule has 0 aliphatic rings. The van der Waals surface area contributed by atoms with Gasteiger partial charge in [0, 0.05) is 5.39 Å². The molecule has 0 atom stereocenters. The van der Waals surface area contributed by atoms with Gasteiger partial charge in [0.2, 0.25) is 0 Å². The monoisotopic (exact) mass is 240 g/mol. The molecule has 1 aromatic heterocycles. The van der Waals surface area contributed by atoms with E-state index in [1.807, 2.05) is 0 Å². The Hall–Kier alpha value is -1.16. The lowest BCUT2D eigenvalue weighted by atomic mass is 10.2. The summed E-state index contributed by atoms with van der Waals surface area (Å²) in [5.41, 5.74) is 6.18. The van der Waals surface area contributed by atoms with Gasteiger partial charge in [0.25, 0.3) is 0 Å². The van der Waals surface area contributed by atoms with Crippen LogP contribution in [0.2, 0.25) is 0 Å². The first-order valence-corrected chi connectivity index (χ1v) is 4.48. The van der Waals surface area contributed by atoms with Gasteiger partial charge in [-0.3, -0.25) is 0 Å². The van der Waals surface area contributed by atoms with Crippen molar-refractivity contribution in [1.29, 1.82) is 0 Å². The highest BCUT2D eigenvalue weighted by atomic mass is 79.9. The summed E-state index contributed by atoms with van der Waals surface area (Å²) < 4.78 is 13.5. The van der Waals surface area contributed by atoms with E-state index in [-0.39, 0.29) is 5.82 Å². The van der Waals surface area contributed by atoms with Crippen LogP contribution in [0.3, 0.4) is 0 Å². The van der Waals surface area contributed by atoms with Gasteiger partial charge in [-0.2, -0.15) is 0 Å². The highest BCUT2D eigenvalue weighted by Gasteiger charge is 2.04. The summed E-state index contributed by atoms with van der Waals surface area (Å²) in [6.07, 6.45) is 0. The average Bonchev–Trinajstić information content (AvgIpc) is 2.12. The fraction of sp³-hybridized carbons (Fsp3) is 0. The Morgan fingerprint density at radius 1 is 1.23 bits per heavy atom. The van der Waals surface area contributed by atoms with Gasteiger partial charge in [-0.15, -0.1) is 0 Å². The van der Waals surface area contributed by atoms with Crippen LogP contribution in [0.4, 0.5) is 10.2 Å². The lowest BCUT2D eigenvalue weighted by Crippen LogP contribution is -1.90. The van der Waals surface area contributed by atoms with Crippen molar-refractivity contribution in [1.82, 2.24) is 4.98 Å². The molecular weight excluding hydrogens is 235 g/mol. The second-order valence-electron chi connectivity index (χ2n) is 2.66. The Balaban J connectivity index is 2.87. The Bertz CT molecular complexity index is 470. The van der Waals surface area contributed by atoms with Gasteiger partial charge in [0.05, 0.1) is 9.99 Å². The molecule has 0 unspecified atom stereocenters. The van der Waals surface area contributed by atoms with Crippen molar-refractivity contribution in [3.63, 3.8) is 0 Å². The third-order valence-corrected chi connectivity index (χ3v) is 2.59. The van der Waals surface area contributed by atoms with Crippen LogP contribution >= 0.6 is 15.9 Å². The maximum Gasteiger partial charge on any atom is 0.138 e. The maximum absolute atomic E-state index is 13.0. The molecule has 0 fully saturated rings. The molecule has 0 radical (unpaired) electrons. The van der Waals surface area contributed by atoms with Crippen molar-refractivity contribution < 1.29 is 4.39 Å². The quantitative estimate of drug-likeness (QED) is 0.770. The summed E-state index contributed by atoms with van der Waals surface area (Å²) in [4.78, 5) is 4.06. The third-order valence-electron chi connectivity index (χ3n) is 1.78. The summed E-state index contributed by atoms with van der Waals surface area (Å²) in [7, 11) is 0. The van der Waals surface area contributed by atoms with Crippen LogP contribution < -0.4 is 5.73 Å².